The fourth-order valence-corrected chi connectivity index (χ4v) is 2.41. The van der Waals surface area contributed by atoms with Crippen molar-refractivity contribution < 1.29 is 9.90 Å². The Bertz CT molecular complexity index is 310. The van der Waals surface area contributed by atoms with Crippen LogP contribution in [0, 0.1) is 5.41 Å². The molecule has 0 aliphatic rings. The lowest BCUT2D eigenvalue weighted by Gasteiger charge is -2.36. The predicted octanol–water partition coefficient (Wildman–Crippen LogP) is 2.97. The van der Waals surface area contributed by atoms with Crippen molar-refractivity contribution in [3.05, 3.63) is 0 Å². The number of carboxylic acid groups (broad SMARTS) is 1. The molecular weight excluding hydrogens is 252 g/mol. The van der Waals surface area contributed by atoms with E-state index in [-0.39, 0.29) is 11.5 Å². The Labute approximate surface area is 124 Å². The van der Waals surface area contributed by atoms with E-state index in [1.54, 1.807) is 6.92 Å². The highest BCUT2D eigenvalue weighted by Gasteiger charge is 2.33. The van der Waals surface area contributed by atoms with Gasteiger partial charge in [-0.25, -0.2) is 0 Å². The Morgan fingerprint density at radius 3 is 2.05 bits per heavy atom. The van der Waals surface area contributed by atoms with E-state index < -0.39 is 11.5 Å². The van der Waals surface area contributed by atoms with Crippen molar-refractivity contribution >= 4 is 5.97 Å². The first-order valence-corrected chi connectivity index (χ1v) is 7.61. The lowest BCUT2D eigenvalue weighted by molar-refractivity contribution is -0.144. The number of nitrogens with one attached hydrogen (secondary N) is 1. The molecule has 0 saturated carbocycles. The Balaban J connectivity index is 4.42. The van der Waals surface area contributed by atoms with Crippen molar-refractivity contribution in [2.45, 2.75) is 78.9 Å². The highest BCUT2D eigenvalue weighted by atomic mass is 16.4. The fraction of sp³-hybridized carbons (Fsp3) is 0.938. The van der Waals surface area contributed by atoms with Gasteiger partial charge in [-0.3, -0.25) is 10.1 Å². The minimum atomic E-state index is -0.833. The third kappa shape index (κ3) is 6.23. The molecule has 0 saturated heterocycles. The molecule has 0 rings (SSSR count). The van der Waals surface area contributed by atoms with Crippen LogP contribution in [0.2, 0.25) is 0 Å². The molecule has 0 heterocycles. The van der Waals surface area contributed by atoms with Crippen LogP contribution in [0.4, 0.5) is 0 Å². The molecular formula is C16H34N2O2. The van der Waals surface area contributed by atoms with Gasteiger partial charge in [0.2, 0.25) is 0 Å². The molecule has 2 unspecified atom stereocenters. The first kappa shape index (κ1) is 19.4. The zero-order valence-electron chi connectivity index (χ0n) is 14.6. The molecule has 0 aromatic carbocycles. The topological polar surface area (TPSA) is 52.6 Å². The van der Waals surface area contributed by atoms with E-state index >= 15 is 0 Å². The minimum Gasteiger partial charge on any atom is -0.480 e. The average Bonchev–Trinajstić information content (AvgIpc) is 2.25. The van der Waals surface area contributed by atoms with Crippen LogP contribution in [0.15, 0.2) is 0 Å². The second-order valence-corrected chi connectivity index (χ2v) is 7.56. The van der Waals surface area contributed by atoms with Gasteiger partial charge >= 0.3 is 5.97 Å². The number of hydrogen-bond acceptors (Lipinski definition) is 3. The van der Waals surface area contributed by atoms with Gasteiger partial charge in [-0.2, -0.15) is 0 Å². The van der Waals surface area contributed by atoms with E-state index in [9.17, 15) is 9.90 Å². The normalized spacial score (nSPS) is 17.3. The number of carboxylic acids is 1. The molecule has 0 radical (unpaired) electrons. The van der Waals surface area contributed by atoms with Crippen LogP contribution < -0.4 is 5.32 Å². The summed E-state index contributed by atoms with van der Waals surface area (Å²) >= 11 is 0. The maximum absolute atomic E-state index is 11.4. The lowest BCUT2D eigenvalue weighted by Crippen LogP contribution is -2.52. The minimum absolute atomic E-state index is 0.169. The molecule has 0 fully saturated rings. The van der Waals surface area contributed by atoms with Crippen molar-refractivity contribution in [2.75, 3.05) is 13.6 Å². The molecule has 0 aromatic heterocycles. The average molecular weight is 286 g/mol. The molecule has 0 amide bonds. The third-order valence-electron chi connectivity index (χ3n) is 4.18. The standard InChI is InChI=1S/C16H34N2O2/c1-12(2)17-16(7,14(19)20)10-9-11-18(8)13(3)15(4,5)6/h12-13,17H,9-11H2,1-8H3,(H,19,20). The Hall–Kier alpha value is -0.610. The van der Waals surface area contributed by atoms with Gasteiger partial charge in [-0.05, 0) is 59.5 Å². The van der Waals surface area contributed by atoms with Crippen molar-refractivity contribution in [2.24, 2.45) is 5.41 Å². The number of rotatable bonds is 8. The quantitative estimate of drug-likeness (QED) is 0.720. The summed E-state index contributed by atoms with van der Waals surface area (Å²) in [4.78, 5) is 13.8. The third-order valence-corrected chi connectivity index (χ3v) is 4.18. The summed E-state index contributed by atoms with van der Waals surface area (Å²) in [6.45, 7) is 15.6. The maximum atomic E-state index is 11.4. The van der Waals surface area contributed by atoms with Crippen LogP contribution in [0.3, 0.4) is 0 Å². The number of aliphatic carboxylic acids is 1. The van der Waals surface area contributed by atoms with Gasteiger partial charge in [-0.15, -0.1) is 0 Å². The van der Waals surface area contributed by atoms with Gasteiger partial charge in [0, 0.05) is 12.1 Å². The van der Waals surface area contributed by atoms with Crippen molar-refractivity contribution in [3.63, 3.8) is 0 Å². The van der Waals surface area contributed by atoms with Gasteiger partial charge < -0.3 is 10.0 Å². The summed E-state index contributed by atoms with van der Waals surface area (Å²) in [5, 5.41) is 12.6. The number of carbonyl (C=O) groups is 1. The van der Waals surface area contributed by atoms with E-state index in [1.807, 2.05) is 13.8 Å². The first-order valence-electron chi connectivity index (χ1n) is 7.61. The molecule has 0 aliphatic heterocycles. The Morgan fingerprint density at radius 1 is 1.20 bits per heavy atom. The summed E-state index contributed by atoms with van der Waals surface area (Å²) in [6.07, 6.45) is 1.52. The van der Waals surface area contributed by atoms with Crippen molar-refractivity contribution in [3.8, 4) is 0 Å². The van der Waals surface area contributed by atoms with Gasteiger partial charge in [0.25, 0.3) is 0 Å². The molecule has 4 heteroatoms. The van der Waals surface area contributed by atoms with Crippen molar-refractivity contribution in [1.82, 2.24) is 10.2 Å². The van der Waals surface area contributed by atoms with Crippen LogP contribution in [-0.2, 0) is 4.79 Å². The summed E-state index contributed by atoms with van der Waals surface area (Å²) in [5.41, 5.74) is -0.596. The Morgan fingerprint density at radius 2 is 1.70 bits per heavy atom. The highest BCUT2D eigenvalue weighted by Crippen LogP contribution is 2.23. The highest BCUT2D eigenvalue weighted by molar-refractivity contribution is 5.78. The van der Waals surface area contributed by atoms with E-state index in [2.05, 4.69) is 45.0 Å². The second kappa shape index (κ2) is 7.41. The molecule has 2 N–H and O–H groups in total. The van der Waals surface area contributed by atoms with Gasteiger partial charge in [-0.1, -0.05) is 20.8 Å². The number of nitrogens with zero attached hydrogens (tertiary/aromatic N) is 1. The molecule has 20 heavy (non-hydrogen) atoms. The van der Waals surface area contributed by atoms with E-state index in [0.29, 0.717) is 12.5 Å². The number of hydrogen-bond donors (Lipinski definition) is 2. The summed E-state index contributed by atoms with van der Waals surface area (Å²) in [5.74, 6) is -0.766. The van der Waals surface area contributed by atoms with Gasteiger partial charge in [0.15, 0.2) is 0 Å². The molecule has 0 bridgehead atoms. The molecule has 120 valence electrons. The Kier molecular flexibility index (Phi) is 7.19. The summed E-state index contributed by atoms with van der Waals surface area (Å²) < 4.78 is 0. The smallest absolute Gasteiger partial charge is 0.323 e. The van der Waals surface area contributed by atoms with Crippen LogP contribution >= 0.6 is 0 Å². The van der Waals surface area contributed by atoms with Gasteiger partial charge in [0.1, 0.15) is 5.54 Å². The lowest BCUT2D eigenvalue weighted by atomic mass is 9.87. The van der Waals surface area contributed by atoms with E-state index in [1.165, 1.54) is 0 Å². The predicted molar refractivity (Wildman–Crippen MR) is 85.1 cm³/mol. The second-order valence-electron chi connectivity index (χ2n) is 7.56. The van der Waals surface area contributed by atoms with Crippen molar-refractivity contribution in [1.29, 1.82) is 0 Å². The monoisotopic (exact) mass is 286 g/mol. The molecule has 4 nitrogen and oxygen atoms in total. The molecule has 0 aromatic rings. The summed E-state index contributed by atoms with van der Waals surface area (Å²) in [6, 6.07) is 0.638. The van der Waals surface area contributed by atoms with Crippen LogP contribution in [-0.4, -0.2) is 47.2 Å². The summed E-state index contributed by atoms with van der Waals surface area (Å²) in [7, 11) is 2.11. The van der Waals surface area contributed by atoms with E-state index in [4.69, 9.17) is 0 Å². The fourth-order valence-electron chi connectivity index (χ4n) is 2.41. The molecule has 2 atom stereocenters. The van der Waals surface area contributed by atoms with Crippen LogP contribution in [0.1, 0.15) is 61.3 Å². The molecule has 0 aliphatic carbocycles. The SMILES string of the molecule is CC(C)NC(C)(CCCN(C)C(C)C(C)(C)C)C(=O)O. The van der Waals surface area contributed by atoms with Crippen LogP contribution in [0.25, 0.3) is 0 Å². The zero-order chi connectivity index (χ0) is 16.1. The largest absolute Gasteiger partial charge is 0.480 e. The first-order chi connectivity index (χ1) is 8.90. The maximum Gasteiger partial charge on any atom is 0.323 e. The van der Waals surface area contributed by atoms with Crippen LogP contribution in [0.5, 0.6) is 0 Å². The zero-order valence-corrected chi connectivity index (χ0v) is 14.6. The molecule has 0 spiro atoms. The van der Waals surface area contributed by atoms with E-state index in [0.717, 1.165) is 13.0 Å². The van der Waals surface area contributed by atoms with Gasteiger partial charge in [0.05, 0.1) is 0 Å².